The summed E-state index contributed by atoms with van der Waals surface area (Å²) in [6.45, 7) is 26.6. The number of halogens is 2. The summed E-state index contributed by atoms with van der Waals surface area (Å²) in [6.07, 6.45) is 0. The van der Waals surface area contributed by atoms with Crippen molar-refractivity contribution in [1.29, 1.82) is 5.26 Å². The van der Waals surface area contributed by atoms with Crippen LogP contribution in [0.25, 0.3) is 66.1 Å². The highest BCUT2D eigenvalue weighted by atomic mass is 19.1. The molecule has 0 aliphatic carbocycles. The molecule has 58 heavy (non-hydrogen) atoms. The van der Waals surface area contributed by atoms with Crippen molar-refractivity contribution in [1.82, 2.24) is 9.13 Å². The Morgan fingerprint density at radius 1 is 0.431 bits per heavy atom. The van der Waals surface area contributed by atoms with Crippen LogP contribution in [0.3, 0.4) is 0 Å². The number of hydrogen-bond donors (Lipinski definition) is 0. The van der Waals surface area contributed by atoms with E-state index in [2.05, 4.69) is 171 Å². The third-order valence-corrected chi connectivity index (χ3v) is 11.9. The molecule has 0 fully saturated rings. The summed E-state index contributed by atoms with van der Waals surface area (Å²) in [7, 11) is 0. The Morgan fingerprint density at radius 3 is 1.03 bits per heavy atom. The lowest BCUT2D eigenvalue weighted by atomic mass is 9.86. The molecule has 5 heteroatoms. The Labute approximate surface area is 341 Å². The molecule has 8 rings (SSSR count). The molecule has 8 aromatic rings. The Balaban J connectivity index is 1.65. The van der Waals surface area contributed by atoms with Gasteiger partial charge in [-0.25, -0.2) is 8.78 Å². The number of aromatic nitrogens is 2. The molecule has 0 aliphatic rings. The molecule has 0 saturated heterocycles. The Morgan fingerprint density at radius 2 is 0.741 bits per heavy atom. The maximum atomic E-state index is 15.9. The van der Waals surface area contributed by atoms with Gasteiger partial charge in [0.1, 0.15) is 11.6 Å². The van der Waals surface area contributed by atoms with Crippen molar-refractivity contribution in [3.63, 3.8) is 0 Å². The summed E-state index contributed by atoms with van der Waals surface area (Å²) in [5.41, 5.74) is 9.67. The number of rotatable bonds is 3. The molecule has 0 aliphatic heterocycles. The van der Waals surface area contributed by atoms with E-state index in [1.807, 2.05) is 12.1 Å². The second kappa shape index (κ2) is 13.1. The predicted octanol–water partition coefficient (Wildman–Crippen LogP) is 14.9. The van der Waals surface area contributed by atoms with Crippen molar-refractivity contribution >= 4 is 43.6 Å². The third kappa shape index (κ3) is 6.38. The van der Waals surface area contributed by atoms with Crippen molar-refractivity contribution < 1.29 is 8.78 Å². The zero-order valence-electron chi connectivity index (χ0n) is 35.9. The molecule has 294 valence electrons. The van der Waals surface area contributed by atoms with Crippen molar-refractivity contribution in [3.8, 4) is 28.6 Å². The minimum atomic E-state index is -0.719. The molecule has 3 nitrogen and oxygen atoms in total. The van der Waals surface area contributed by atoms with Crippen LogP contribution in [0.5, 0.6) is 0 Å². The van der Waals surface area contributed by atoms with E-state index in [-0.39, 0.29) is 38.4 Å². The lowest BCUT2D eigenvalue weighted by Crippen LogP contribution is -2.13. The number of nitriles is 1. The van der Waals surface area contributed by atoms with Crippen LogP contribution in [0.1, 0.15) is 111 Å². The van der Waals surface area contributed by atoms with E-state index in [0.29, 0.717) is 0 Å². The van der Waals surface area contributed by atoms with Gasteiger partial charge in [-0.2, -0.15) is 5.26 Å². The van der Waals surface area contributed by atoms with E-state index in [1.165, 1.54) is 29.3 Å². The predicted molar refractivity (Wildman–Crippen MR) is 240 cm³/mol. The first kappa shape index (κ1) is 39.1. The molecular formula is C53H53F2N3. The molecule has 0 unspecified atom stereocenters. The fraction of sp³-hybridized carbons (Fsp3) is 0.302. The van der Waals surface area contributed by atoms with Gasteiger partial charge in [0.2, 0.25) is 0 Å². The highest BCUT2D eigenvalue weighted by Crippen LogP contribution is 2.44. The molecule has 2 aromatic heterocycles. The highest BCUT2D eigenvalue weighted by molar-refractivity contribution is 6.12. The third-order valence-electron chi connectivity index (χ3n) is 11.9. The lowest BCUT2D eigenvalue weighted by molar-refractivity contribution is 0.589. The van der Waals surface area contributed by atoms with Crippen LogP contribution in [-0.4, -0.2) is 9.13 Å². The van der Waals surface area contributed by atoms with Gasteiger partial charge in [0.25, 0.3) is 0 Å². The van der Waals surface area contributed by atoms with Crippen molar-refractivity contribution in [3.05, 3.63) is 143 Å². The summed E-state index contributed by atoms with van der Waals surface area (Å²) in [5, 5.41) is 15.2. The summed E-state index contributed by atoms with van der Waals surface area (Å²) in [5.74, 6) is -1.44. The van der Waals surface area contributed by atoms with Gasteiger partial charge < -0.3 is 9.13 Å². The Bertz CT molecular complexity index is 2850. The zero-order valence-corrected chi connectivity index (χ0v) is 35.9. The van der Waals surface area contributed by atoms with Crippen molar-refractivity contribution in [2.45, 2.75) is 105 Å². The maximum absolute atomic E-state index is 15.9. The highest BCUT2D eigenvalue weighted by Gasteiger charge is 2.28. The summed E-state index contributed by atoms with van der Waals surface area (Å²) in [6, 6.07) is 36.7. The van der Waals surface area contributed by atoms with Crippen molar-refractivity contribution in [2.75, 3.05) is 0 Å². The normalized spacial score (nSPS) is 13.0. The number of nitrogens with zero attached hydrogens (tertiary/aromatic N) is 3. The van der Waals surface area contributed by atoms with E-state index in [0.717, 1.165) is 66.1 Å². The Kier molecular flexibility index (Phi) is 8.87. The molecule has 2 heterocycles. The standard InChI is InChI=1S/C53H53F2N3/c1-50(2,3)32-16-20-36-37-21-17-33(51(4,5)6)26-44(37)57(43(36)25-32)47-24-31(30-56)40(49-41(54)14-13-15-42(49)55)29-48(47)58-45-27-34(52(7,8)9)18-22-38(45)39-23-19-35(28-46(39)58)53(10,11)12/h13-29H,1-12H3. The van der Waals surface area contributed by atoms with Crippen molar-refractivity contribution in [2.24, 2.45) is 0 Å². The number of hydrogen-bond acceptors (Lipinski definition) is 1. The summed E-state index contributed by atoms with van der Waals surface area (Å²) >= 11 is 0. The van der Waals surface area contributed by atoms with E-state index in [4.69, 9.17) is 0 Å². The second-order valence-electron chi connectivity index (χ2n) is 20.2. The van der Waals surface area contributed by atoms with Gasteiger partial charge in [-0.1, -0.05) is 138 Å². The molecule has 0 spiro atoms. The van der Waals surface area contributed by atoms with E-state index >= 15 is 8.78 Å². The first-order valence-corrected chi connectivity index (χ1v) is 20.3. The van der Waals surface area contributed by atoms with Gasteiger partial charge in [-0.3, -0.25) is 0 Å². The number of fused-ring (bicyclic) bond motifs is 6. The molecule has 0 amide bonds. The zero-order chi connectivity index (χ0) is 41.9. The smallest absolute Gasteiger partial charge is 0.134 e. The molecule has 6 aromatic carbocycles. The quantitative estimate of drug-likeness (QED) is 0.176. The van der Waals surface area contributed by atoms with Gasteiger partial charge >= 0.3 is 0 Å². The minimum absolute atomic E-state index is 0.140. The number of benzene rings is 6. The van der Waals surface area contributed by atoms with Gasteiger partial charge in [-0.05, 0) is 92.4 Å². The van der Waals surface area contributed by atoms with E-state index in [1.54, 1.807) is 0 Å². The van der Waals surface area contributed by atoms with Crippen LogP contribution in [0.4, 0.5) is 8.78 Å². The fourth-order valence-electron chi connectivity index (χ4n) is 8.41. The summed E-state index contributed by atoms with van der Waals surface area (Å²) < 4.78 is 36.4. The SMILES string of the molecule is CC(C)(C)c1ccc2c3ccc(C(C)(C)C)cc3n(-c3cc(C#N)c(-c4c(F)cccc4F)cc3-n3c4cc(C(C)(C)C)ccc4c4ccc(C(C)(C)C)cc43)c2c1. The van der Waals surface area contributed by atoms with Crippen LogP contribution in [0.15, 0.2) is 103 Å². The average Bonchev–Trinajstić information content (AvgIpc) is 3.64. The van der Waals surface area contributed by atoms with E-state index < -0.39 is 11.6 Å². The maximum Gasteiger partial charge on any atom is 0.134 e. The topological polar surface area (TPSA) is 33.6 Å². The largest absolute Gasteiger partial charge is 0.307 e. The fourth-order valence-corrected chi connectivity index (χ4v) is 8.41. The van der Waals surface area contributed by atoms with Gasteiger partial charge in [-0.15, -0.1) is 0 Å². The van der Waals surface area contributed by atoms with Gasteiger partial charge in [0.15, 0.2) is 0 Å². The van der Waals surface area contributed by atoms with Gasteiger partial charge in [0, 0.05) is 27.1 Å². The Hall–Kier alpha value is -5.73. The monoisotopic (exact) mass is 769 g/mol. The second-order valence-corrected chi connectivity index (χ2v) is 20.2. The van der Waals surface area contributed by atoms with Crippen LogP contribution >= 0.6 is 0 Å². The first-order chi connectivity index (χ1) is 27.1. The van der Waals surface area contributed by atoms with E-state index in [9.17, 15) is 5.26 Å². The molecule has 0 saturated carbocycles. The van der Waals surface area contributed by atoms with Gasteiger partial charge in [0.05, 0.1) is 50.6 Å². The van der Waals surface area contributed by atoms with Crippen LogP contribution in [-0.2, 0) is 21.7 Å². The van der Waals surface area contributed by atoms with Crippen LogP contribution < -0.4 is 0 Å². The van der Waals surface area contributed by atoms with Crippen LogP contribution in [0.2, 0.25) is 0 Å². The lowest BCUT2D eigenvalue weighted by Gasteiger charge is -2.23. The first-order valence-electron chi connectivity index (χ1n) is 20.3. The molecule has 0 atom stereocenters. The molecule has 0 radical (unpaired) electrons. The molecule has 0 bridgehead atoms. The van der Waals surface area contributed by atoms with Crippen LogP contribution in [0, 0.1) is 23.0 Å². The molecule has 0 N–H and O–H groups in total. The average molecular weight is 770 g/mol. The summed E-state index contributed by atoms with van der Waals surface area (Å²) in [4.78, 5) is 0. The minimum Gasteiger partial charge on any atom is -0.307 e. The molecular weight excluding hydrogens is 717 g/mol.